The van der Waals surface area contributed by atoms with E-state index in [-0.39, 0.29) is 70.7 Å². The van der Waals surface area contributed by atoms with Crippen LogP contribution in [0, 0.1) is 0 Å². The molecule has 1 heterocycles. The van der Waals surface area contributed by atoms with E-state index in [0.29, 0.717) is 11.1 Å². The molecule has 3 aromatic rings. The zero-order chi connectivity index (χ0) is 18.0. The quantitative estimate of drug-likeness (QED) is 0.424. The van der Waals surface area contributed by atoms with Crippen LogP contribution < -0.4 is 74.1 Å². The molecule has 1 aromatic heterocycles. The summed E-state index contributed by atoms with van der Waals surface area (Å²) >= 11 is 0. The third-order valence-electron chi connectivity index (χ3n) is 3.29. The zero-order valence-corrected chi connectivity index (χ0v) is 18.3. The van der Waals surface area contributed by atoms with Crippen LogP contribution in [0.4, 0.5) is 13.2 Å². The average Bonchev–Trinajstić information content (AvgIpc) is 3.03. The number of carboxylic acid groups (broad SMARTS) is 1. The van der Waals surface area contributed by atoms with E-state index >= 15 is 0 Å². The van der Waals surface area contributed by atoms with E-state index in [1.165, 1.54) is 24.3 Å². The van der Waals surface area contributed by atoms with Crippen LogP contribution in [0.15, 0.2) is 48.5 Å². The molecule has 6 nitrogen and oxygen atoms in total. The Labute approximate surface area is 195 Å². The number of hydrogen-bond acceptors (Lipinski definition) is 5. The summed E-state index contributed by atoms with van der Waals surface area (Å²) in [7, 11) is 0. The molecule has 0 N–H and O–H groups in total. The number of aromatic carboxylic acids is 1. The summed E-state index contributed by atoms with van der Waals surface area (Å²) in [5, 5.41) is 20.7. The molecule has 0 unspecified atom stereocenters. The first-order valence-electron chi connectivity index (χ1n) is 6.87. The number of hydrogen-bond donors (Lipinski definition) is 0. The number of nitrogens with zero attached hydrogens (tertiary/aromatic N) is 3. The van der Waals surface area contributed by atoms with Gasteiger partial charge in [-0.3, -0.25) is 5.21 Å². The van der Waals surface area contributed by atoms with Gasteiger partial charge in [-0.2, -0.15) is 13.2 Å². The Morgan fingerprint density at radius 2 is 1.48 bits per heavy atom. The molecule has 0 fully saturated rings. The van der Waals surface area contributed by atoms with E-state index in [4.69, 9.17) is 4.74 Å². The molecule has 0 aliphatic carbocycles. The predicted molar refractivity (Wildman–Crippen MR) is 76.6 cm³/mol. The van der Waals surface area contributed by atoms with E-state index in [1.807, 2.05) is 0 Å². The molecule has 0 bridgehead atoms. The fourth-order valence-corrected chi connectivity index (χ4v) is 2.07. The number of halogens is 3. The van der Waals surface area contributed by atoms with Gasteiger partial charge in [-0.1, -0.05) is 24.3 Å². The van der Waals surface area contributed by atoms with E-state index < -0.39 is 23.4 Å². The summed E-state index contributed by atoms with van der Waals surface area (Å²) in [6, 6.07) is 11.0. The molecule has 27 heavy (non-hydrogen) atoms. The first-order valence-corrected chi connectivity index (χ1v) is 6.87. The van der Waals surface area contributed by atoms with E-state index in [1.54, 1.807) is 12.1 Å². The van der Waals surface area contributed by atoms with E-state index in [0.717, 1.165) is 12.1 Å². The maximum Gasteiger partial charge on any atom is 1.00 e. The van der Waals surface area contributed by atoms with Crippen molar-refractivity contribution in [1.82, 2.24) is 15.4 Å². The molecule has 0 aliphatic rings. The first kappa shape index (κ1) is 23.7. The van der Waals surface area contributed by atoms with Crippen molar-refractivity contribution >= 4 is 5.97 Å². The van der Waals surface area contributed by atoms with Gasteiger partial charge in [0.15, 0.2) is 0 Å². The summed E-state index contributed by atoms with van der Waals surface area (Å²) in [5.41, 5.74) is -0.00206. The molecular weight excluding hydrogens is 385 g/mol. The topological polar surface area (TPSA) is 89.2 Å². The number of carboxylic acids is 1. The Morgan fingerprint density at radius 1 is 0.963 bits per heavy atom. The summed E-state index contributed by atoms with van der Waals surface area (Å²) in [4.78, 5) is 10.8. The summed E-state index contributed by atoms with van der Waals surface area (Å²) < 4.78 is 43.0. The number of benzene rings is 2. The molecule has 0 spiro atoms. The van der Waals surface area contributed by atoms with Gasteiger partial charge in [-0.05, 0) is 35.4 Å². The number of rotatable bonds is 4. The van der Waals surface area contributed by atoms with Gasteiger partial charge in [0.2, 0.25) is 0 Å². The largest absolute Gasteiger partial charge is 1.00 e. The second kappa shape index (κ2) is 9.72. The van der Waals surface area contributed by atoms with Crippen molar-refractivity contribution < 1.29 is 86.9 Å². The molecule has 0 saturated carbocycles. The van der Waals surface area contributed by atoms with Crippen LogP contribution in [0.25, 0.3) is 11.1 Å². The number of ether oxygens (including phenoxy) is 1. The zero-order valence-electron chi connectivity index (χ0n) is 14.3. The fourth-order valence-electron chi connectivity index (χ4n) is 2.07. The Balaban J connectivity index is 0.00000182. The average molecular weight is 393 g/mol. The predicted octanol–water partition coefficient (Wildman–Crippen LogP) is -3.72. The van der Waals surface area contributed by atoms with E-state index in [9.17, 15) is 23.1 Å². The minimum absolute atomic E-state index is 0. The molecule has 2 aromatic carbocycles. The van der Waals surface area contributed by atoms with Crippen LogP contribution in [0.2, 0.25) is 0 Å². The summed E-state index contributed by atoms with van der Waals surface area (Å²) in [6.45, 7) is 0. The van der Waals surface area contributed by atoms with Crippen LogP contribution in [0.3, 0.4) is 0 Å². The van der Waals surface area contributed by atoms with Gasteiger partial charge < -0.3 is 24.8 Å². The van der Waals surface area contributed by atoms with Gasteiger partial charge in [-0.15, -0.1) is 0 Å². The van der Waals surface area contributed by atoms with Crippen LogP contribution in [0.1, 0.15) is 16.1 Å². The normalized spacial score (nSPS) is 10.5. The molecule has 0 atom stereocenters. The Kier molecular flexibility index (Phi) is 8.52. The van der Waals surface area contributed by atoms with Gasteiger partial charge >= 0.3 is 65.3 Å². The van der Waals surface area contributed by atoms with Crippen molar-refractivity contribution in [3.8, 4) is 22.8 Å². The Hall–Kier alpha value is -1.36. The minimum Gasteiger partial charge on any atom is -0.545 e. The fraction of sp³-hybridized carbons (Fsp3) is 0.0625. The second-order valence-electron chi connectivity index (χ2n) is 4.93. The molecule has 0 amide bonds. The standard InChI is InChI=1S/C16H10F3N3O3.2Na/c17-16(18,19)11-5-1-9(2-6-11)10-3-7-12(8-4-10)25-14-13(15(23)24)20-22-21-14;;/h1-8H,(H2,20,21,22,23,24);;/q;2*+1/p-2. The first-order chi connectivity index (χ1) is 11.8. The molecular formula is C16H8F3N3Na2O3. The SMILES string of the molecule is O=C([O-])c1nn[n-]c1Oc1ccc(-c2ccc(C(F)(F)F)cc2)cc1.[Na+].[Na+]. The second-order valence-corrected chi connectivity index (χ2v) is 4.93. The summed E-state index contributed by atoms with van der Waals surface area (Å²) in [5.74, 6) is -1.61. The van der Waals surface area contributed by atoms with Crippen molar-refractivity contribution in [2.45, 2.75) is 6.18 Å². The third-order valence-corrected chi connectivity index (χ3v) is 3.29. The molecule has 11 heteroatoms. The smallest absolute Gasteiger partial charge is 0.545 e. The van der Waals surface area contributed by atoms with Crippen molar-refractivity contribution in [1.29, 1.82) is 0 Å². The molecule has 0 aliphatic heterocycles. The number of aromatic nitrogens is 3. The third kappa shape index (κ3) is 5.81. The molecule has 0 saturated heterocycles. The molecule has 0 radical (unpaired) electrons. The number of carbonyl (C=O) groups excluding carboxylic acids is 1. The van der Waals surface area contributed by atoms with Gasteiger partial charge in [-0.25, -0.2) is 0 Å². The van der Waals surface area contributed by atoms with Gasteiger partial charge in [0.05, 0.1) is 11.5 Å². The monoisotopic (exact) mass is 393 g/mol. The Morgan fingerprint density at radius 3 is 1.96 bits per heavy atom. The number of carbonyl (C=O) groups is 1. The summed E-state index contributed by atoms with van der Waals surface area (Å²) in [6.07, 6.45) is -4.39. The van der Waals surface area contributed by atoms with Crippen LogP contribution in [-0.4, -0.2) is 16.3 Å². The van der Waals surface area contributed by atoms with Crippen LogP contribution in [-0.2, 0) is 6.18 Å². The Bertz CT molecular complexity index is 898. The van der Waals surface area contributed by atoms with Crippen LogP contribution >= 0.6 is 0 Å². The van der Waals surface area contributed by atoms with Crippen molar-refractivity contribution in [2.24, 2.45) is 0 Å². The van der Waals surface area contributed by atoms with E-state index in [2.05, 4.69) is 15.4 Å². The van der Waals surface area contributed by atoms with Gasteiger partial charge in [0, 0.05) is 5.69 Å². The van der Waals surface area contributed by atoms with Crippen molar-refractivity contribution in [2.75, 3.05) is 0 Å². The molecule has 3 rings (SSSR count). The van der Waals surface area contributed by atoms with Gasteiger partial charge in [0.25, 0.3) is 0 Å². The van der Waals surface area contributed by atoms with Gasteiger partial charge in [0.1, 0.15) is 11.6 Å². The molecule has 128 valence electrons. The van der Waals surface area contributed by atoms with Crippen molar-refractivity contribution in [3.63, 3.8) is 0 Å². The maximum atomic E-state index is 12.6. The maximum absolute atomic E-state index is 12.6. The van der Waals surface area contributed by atoms with Crippen molar-refractivity contribution in [3.05, 3.63) is 59.8 Å². The van der Waals surface area contributed by atoms with Crippen LogP contribution in [0.5, 0.6) is 11.6 Å². The minimum atomic E-state index is -4.39. The number of alkyl halides is 3.